The molecule has 2 heterocycles. The molecule has 47 heavy (non-hydrogen) atoms. The van der Waals surface area contributed by atoms with E-state index in [4.69, 9.17) is 9.57 Å². The van der Waals surface area contributed by atoms with Crippen LogP contribution in [0.2, 0.25) is 0 Å². The third kappa shape index (κ3) is 6.84. The number of nitrogens with one attached hydrogen (secondary N) is 2. The van der Waals surface area contributed by atoms with E-state index >= 15 is 0 Å². The van der Waals surface area contributed by atoms with Gasteiger partial charge >= 0.3 is 18.3 Å². The monoisotopic (exact) mass is 683 g/mol. The van der Waals surface area contributed by atoms with E-state index in [0.717, 1.165) is 24.3 Å². The molecule has 0 bridgehead atoms. The molecule has 3 aromatic carbocycles. The van der Waals surface area contributed by atoms with Crippen molar-refractivity contribution < 1.29 is 59.4 Å². The predicted octanol–water partition coefficient (Wildman–Crippen LogP) is 7.26. The van der Waals surface area contributed by atoms with Crippen molar-refractivity contribution in [3.8, 4) is 5.75 Å². The number of amides is 2. The minimum atomic E-state index is -5.08. The van der Waals surface area contributed by atoms with E-state index < -0.39 is 58.9 Å². The number of anilines is 2. The second kappa shape index (κ2) is 12.5. The van der Waals surface area contributed by atoms with Gasteiger partial charge in [0, 0.05) is 27.8 Å². The van der Waals surface area contributed by atoms with Crippen molar-refractivity contribution in [1.29, 1.82) is 0 Å². The fourth-order valence-corrected chi connectivity index (χ4v) is 5.71. The average molecular weight is 684 g/mol. The number of oxime groups is 1. The number of halogens is 7. The van der Waals surface area contributed by atoms with Crippen molar-refractivity contribution in [1.82, 2.24) is 0 Å². The van der Waals surface area contributed by atoms with Crippen LogP contribution in [0.3, 0.4) is 0 Å². The first-order valence-corrected chi connectivity index (χ1v) is 14.0. The van der Waals surface area contributed by atoms with Gasteiger partial charge in [0.15, 0.2) is 0 Å². The number of benzene rings is 3. The zero-order valence-corrected chi connectivity index (χ0v) is 24.7. The Hall–Kier alpha value is -5.19. The Labute approximate surface area is 263 Å². The van der Waals surface area contributed by atoms with Crippen LogP contribution in [0.1, 0.15) is 43.1 Å². The van der Waals surface area contributed by atoms with Crippen LogP contribution >= 0.6 is 11.3 Å². The minimum Gasteiger partial charge on any atom is -0.496 e. The number of esters is 1. The van der Waals surface area contributed by atoms with Crippen LogP contribution in [0.5, 0.6) is 5.75 Å². The van der Waals surface area contributed by atoms with Crippen molar-refractivity contribution in [2.75, 3.05) is 24.9 Å². The number of rotatable bonds is 7. The Kier molecular flexibility index (Phi) is 8.85. The van der Waals surface area contributed by atoms with Gasteiger partial charge in [0.05, 0.1) is 42.3 Å². The Bertz CT molecular complexity index is 1940. The normalized spacial score (nSPS) is 14.7. The lowest BCUT2D eigenvalue weighted by molar-refractivity contribution is -0.152. The van der Waals surface area contributed by atoms with Crippen LogP contribution in [0.4, 0.5) is 42.1 Å². The summed E-state index contributed by atoms with van der Waals surface area (Å²) in [5.41, 5.74) is -2.90. The summed E-state index contributed by atoms with van der Waals surface area (Å²) >= 11 is 0.536. The second-order valence-electron chi connectivity index (χ2n) is 9.89. The molecule has 1 aliphatic heterocycles. The van der Waals surface area contributed by atoms with Crippen molar-refractivity contribution in [3.05, 3.63) is 87.5 Å². The maximum atomic E-state index is 13.8. The summed E-state index contributed by atoms with van der Waals surface area (Å²) < 4.78 is 104. The molecule has 0 radical (unpaired) electrons. The van der Waals surface area contributed by atoms with Crippen LogP contribution in [-0.4, -0.2) is 43.8 Å². The molecule has 5 rings (SSSR count). The summed E-state index contributed by atoms with van der Waals surface area (Å²) in [6.07, 6.45) is -10.8. The van der Waals surface area contributed by atoms with E-state index in [9.17, 15) is 45.1 Å². The quantitative estimate of drug-likeness (QED) is 0.157. The fourth-order valence-electron chi connectivity index (χ4n) is 4.62. The van der Waals surface area contributed by atoms with Gasteiger partial charge in [-0.3, -0.25) is 9.59 Å². The van der Waals surface area contributed by atoms with Crippen LogP contribution in [0, 0.1) is 5.82 Å². The third-order valence-electron chi connectivity index (χ3n) is 6.90. The molecule has 0 saturated carbocycles. The highest BCUT2D eigenvalue weighted by atomic mass is 32.1. The predicted molar refractivity (Wildman–Crippen MR) is 155 cm³/mol. The van der Waals surface area contributed by atoms with E-state index in [-0.39, 0.29) is 44.1 Å². The summed E-state index contributed by atoms with van der Waals surface area (Å²) in [4.78, 5) is 43.6. The molecule has 4 aromatic rings. The van der Waals surface area contributed by atoms with Gasteiger partial charge in [-0.25, -0.2) is 9.18 Å². The Morgan fingerprint density at radius 2 is 1.66 bits per heavy atom. The number of ether oxygens (including phenoxy) is 2. The van der Waals surface area contributed by atoms with Crippen LogP contribution in [-0.2, 0) is 26.7 Å². The van der Waals surface area contributed by atoms with Gasteiger partial charge in [-0.1, -0.05) is 11.2 Å². The van der Waals surface area contributed by atoms with Gasteiger partial charge in [-0.05, 0) is 48.5 Å². The van der Waals surface area contributed by atoms with E-state index in [1.54, 1.807) is 0 Å². The Balaban J connectivity index is 1.53. The maximum Gasteiger partial charge on any atom is 0.419 e. The fraction of sp³-hybridized carbons (Fsp3) is 0.200. The largest absolute Gasteiger partial charge is 0.496 e. The molecular weight excluding hydrogens is 663 g/mol. The second-order valence-corrected chi connectivity index (χ2v) is 10.9. The molecule has 2 amide bonds. The van der Waals surface area contributed by atoms with E-state index in [2.05, 4.69) is 20.5 Å². The highest BCUT2D eigenvalue weighted by Crippen LogP contribution is 2.41. The number of alkyl halides is 6. The van der Waals surface area contributed by atoms with Gasteiger partial charge in [0.25, 0.3) is 11.8 Å². The number of nitrogens with zero attached hydrogens (tertiary/aromatic N) is 1. The number of hydrogen-bond donors (Lipinski definition) is 2. The molecule has 1 unspecified atom stereocenters. The molecule has 1 aliphatic rings. The van der Waals surface area contributed by atoms with Crippen LogP contribution < -0.4 is 15.4 Å². The SMILES string of the molecule is COC(=O)C1CC(c2ccc(OC)c(C(=O)Nc3c(C(=O)Nc4ccc(F)c(C(F)(F)F)c4)sc4cc(C(F)(F)F)ccc34)c2)=NO1. The van der Waals surface area contributed by atoms with Gasteiger partial charge in [0.1, 0.15) is 16.4 Å². The lowest BCUT2D eigenvalue weighted by Gasteiger charge is -2.13. The van der Waals surface area contributed by atoms with Crippen molar-refractivity contribution in [3.63, 3.8) is 0 Å². The third-order valence-corrected chi connectivity index (χ3v) is 8.05. The summed E-state index contributed by atoms with van der Waals surface area (Å²) in [6.45, 7) is 0. The van der Waals surface area contributed by atoms with Crippen molar-refractivity contribution in [2.45, 2.75) is 24.9 Å². The summed E-state index contributed by atoms with van der Waals surface area (Å²) in [5, 5.41) is 8.58. The van der Waals surface area contributed by atoms with Gasteiger partial charge in [-0.2, -0.15) is 26.3 Å². The number of hydrogen-bond acceptors (Lipinski definition) is 8. The number of methoxy groups -OCH3 is 2. The Morgan fingerprint density at radius 3 is 2.32 bits per heavy atom. The zero-order chi connectivity index (χ0) is 34.3. The molecule has 0 saturated heterocycles. The number of thiophene rings is 1. The van der Waals surface area contributed by atoms with Crippen LogP contribution in [0.25, 0.3) is 10.1 Å². The topological polar surface area (TPSA) is 115 Å². The lowest BCUT2D eigenvalue weighted by atomic mass is 10.0. The van der Waals surface area contributed by atoms with Crippen molar-refractivity contribution in [2.24, 2.45) is 5.16 Å². The molecule has 17 heteroatoms. The zero-order valence-electron chi connectivity index (χ0n) is 23.9. The highest BCUT2D eigenvalue weighted by molar-refractivity contribution is 7.21. The summed E-state index contributed by atoms with van der Waals surface area (Å²) in [6, 6.07) is 8.54. The first kappa shape index (κ1) is 33.2. The van der Waals surface area contributed by atoms with E-state index in [1.807, 2.05) is 0 Å². The maximum absolute atomic E-state index is 13.8. The smallest absolute Gasteiger partial charge is 0.419 e. The minimum absolute atomic E-state index is 0.0144. The molecule has 9 nitrogen and oxygen atoms in total. The highest BCUT2D eigenvalue weighted by Gasteiger charge is 2.35. The number of fused-ring (bicyclic) bond motifs is 1. The van der Waals surface area contributed by atoms with Gasteiger partial charge in [0.2, 0.25) is 6.10 Å². The molecular formula is C30H20F7N3O6S. The van der Waals surface area contributed by atoms with E-state index in [0.29, 0.717) is 29.0 Å². The van der Waals surface area contributed by atoms with Crippen LogP contribution in [0.15, 0.2) is 59.8 Å². The molecule has 1 atom stereocenters. The molecule has 0 spiro atoms. The standard InChI is InChI=1S/C30H20F7N3O6S/c1-44-21-8-3-13(20-12-22(46-40-20)28(43)45-2)9-17(21)26(41)39-24-16-6-4-14(29(32,33)34)10-23(16)47-25(24)27(42)38-15-5-7-19(31)18(11-15)30(35,36)37/h3-11,22H,12H2,1-2H3,(H,38,42)(H,39,41). The summed E-state index contributed by atoms with van der Waals surface area (Å²) in [7, 11) is 2.44. The van der Waals surface area contributed by atoms with Gasteiger partial charge < -0.3 is 24.9 Å². The molecule has 0 aliphatic carbocycles. The first-order chi connectivity index (χ1) is 22.1. The van der Waals surface area contributed by atoms with Crippen molar-refractivity contribution >= 4 is 56.3 Å². The molecule has 246 valence electrons. The number of carbonyl (C=O) groups is 3. The lowest BCUT2D eigenvalue weighted by Crippen LogP contribution is -2.22. The number of carbonyl (C=O) groups excluding carboxylic acids is 3. The average Bonchev–Trinajstić information content (AvgIpc) is 3.66. The Morgan fingerprint density at radius 1 is 0.915 bits per heavy atom. The molecule has 2 N–H and O–H groups in total. The summed E-state index contributed by atoms with van der Waals surface area (Å²) in [5.74, 6) is -4.19. The van der Waals surface area contributed by atoms with E-state index in [1.165, 1.54) is 32.4 Å². The van der Waals surface area contributed by atoms with Gasteiger partial charge in [-0.15, -0.1) is 11.3 Å². The molecule has 0 fully saturated rings. The molecule has 1 aromatic heterocycles. The first-order valence-electron chi connectivity index (χ1n) is 13.2.